The minimum atomic E-state index is -0.244. The number of thiocarbonyl (C=S) groups is 1. The van der Waals surface area contributed by atoms with Gasteiger partial charge in [0.05, 0.1) is 3.77 Å². The first-order valence-corrected chi connectivity index (χ1v) is 6.67. The van der Waals surface area contributed by atoms with E-state index in [1.54, 1.807) is 0 Å². The van der Waals surface area contributed by atoms with Crippen molar-refractivity contribution in [3.63, 3.8) is 0 Å². The number of hydrogen-bond donors (Lipinski definition) is 0. The van der Waals surface area contributed by atoms with Gasteiger partial charge in [-0.1, -0.05) is 42.5 Å². The third-order valence-corrected chi connectivity index (χ3v) is 2.90. The van der Waals surface area contributed by atoms with Crippen LogP contribution in [0.3, 0.4) is 0 Å². The Balaban J connectivity index is 2.56. The molecule has 0 aliphatic heterocycles. The molecule has 1 atom stereocenters. The summed E-state index contributed by atoms with van der Waals surface area (Å²) in [5.74, 6) is -0.244. The van der Waals surface area contributed by atoms with Crippen LogP contribution in [0.4, 0.5) is 0 Å². The van der Waals surface area contributed by atoms with Crippen molar-refractivity contribution in [2.24, 2.45) is 0 Å². The topological polar surface area (TPSA) is 26.3 Å². The second-order valence-corrected chi connectivity index (χ2v) is 5.79. The number of carbonyl (C=O) groups is 1. The number of halogens is 1. The van der Waals surface area contributed by atoms with Crippen LogP contribution in [0.2, 0.25) is 0 Å². The standard InChI is InChI=1S/C13H15BrO2S/c1-10(15)16-12(7-8-13(14)17)9-11-5-3-2-4-6-11/h2-6,12H,7-9H2,1H3. The van der Waals surface area contributed by atoms with E-state index in [-0.39, 0.29) is 12.1 Å². The van der Waals surface area contributed by atoms with Gasteiger partial charge in [-0.05, 0) is 34.3 Å². The first-order valence-electron chi connectivity index (χ1n) is 5.47. The first-order chi connectivity index (χ1) is 8.08. The SMILES string of the molecule is CC(=O)OC(CCC(=S)Br)Cc1ccccc1. The van der Waals surface area contributed by atoms with E-state index >= 15 is 0 Å². The number of benzene rings is 1. The minimum Gasteiger partial charge on any atom is -0.462 e. The van der Waals surface area contributed by atoms with Crippen molar-refractivity contribution in [1.82, 2.24) is 0 Å². The lowest BCUT2D eigenvalue weighted by atomic mass is 10.0. The van der Waals surface area contributed by atoms with Crippen molar-refractivity contribution in [2.45, 2.75) is 32.3 Å². The highest BCUT2D eigenvalue weighted by Gasteiger charge is 2.13. The van der Waals surface area contributed by atoms with Crippen LogP contribution in [0, 0.1) is 0 Å². The average Bonchev–Trinajstić information content (AvgIpc) is 2.26. The molecule has 4 heteroatoms. The van der Waals surface area contributed by atoms with Gasteiger partial charge in [-0.2, -0.15) is 0 Å². The molecule has 0 amide bonds. The van der Waals surface area contributed by atoms with Crippen LogP contribution in [0.25, 0.3) is 0 Å². The Bertz CT molecular complexity index is 378. The van der Waals surface area contributed by atoms with Gasteiger partial charge >= 0.3 is 5.97 Å². The van der Waals surface area contributed by atoms with E-state index in [0.717, 1.165) is 23.0 Å². The molecule has 0 bridgehead atoms. The molecule has 1 aromatic carbocycles. The van der Waals surface area contributed by atoms with E-state index in [1.807, 2.05) is 30.3 Å². The van der Waals surface area contributed by atoms with Crippen molar-refractivity contribution < 1.29 is 9.53 Å². The maximum absolute atomic E-state index is 11.0. The summed E-state index contributed by atoms with van der Waals surface area (Å²) in [6.07, 6.45) is 2.11. The zero-order chi connectivity index (χ0) is 12.7. The summed E-state index contributed by atoms with van der Waals surface area (Å²) >= 11 is 8.21. The van der Waals surface area contributed by atoms with Gasteiger partial charge in [-0.3, -0.25) is 4.79 Å². The second-order valence-electron chi connectivity index (χ2n) is 3.81. The highest BCUT2D eigenvalue weighted by Crippen LogP contribution is 2.13. The van der Waals surface area contributed by atoms with Crippen molar-refractivity contribution in [2.75, 3.05) is 0 Å². The van der Waals surface area contributed by atoms with E-state index in [0.29, 0.717) is 0 Å². The summed E-state index contributed by atoms with van der Waals surface area (Å²) in [5, 5.41) is 0. The Morgan fingerprint density at radius 2 is 2.06 bits per heavy atom. The van der Waals surface area contributed by atoms with Crippen LogP contribution in [0.5, 0.6) is 0 Å². The summed E-state index contributed by atoms with van der Waals surface area (Å²) in [4.78, 5) is 11.0. The molecule has 1 rings (SSSR count). The van der Waals surface area contributed by atoms with Crippen molar-refractivity contribution in [3.05, 3.63) is 35.9 Å². The van der Waals surface area contributed by atoms with Crippen LogP contribution >= 0.6 is 28.1 Å². The summed E-state index contributed by atoms with van der Waals surface area (Å²) < 4.78 is 6.05. The minimum absolute atomic E-state index is 0.106. The van der Waals surface area contributed by atoms with Crippen molar-refractivity contribution in [1.29, 1.82) is 0 Å². The molecule has 1 unspecified atom stereocenters. The van der Waals surface area contributed by atoms with Crippen LogP contribution in [0.15, 0.2) is 30.3 Å². The fraction of sp³-hybridized carbons (Fsp3) is 0.385. The third kappa shape index (κ3) is 6.54. The molecule has 92 valence electrons. The highest BCUT2D eigenvalue weighted by atomic mass is 79.9. The molecule has 0 saturated carbocycles. The predicted molar refractivity (Wildman–Crippen MR) is 76.5 cm³/mol. The molecule has 0 heterocycles. The second kappa shape index (κ2) is 7.56. The molecule has 17 heavy (non-hydrogen) atoms. The molecule has 1 aromatic rings. The monoisotopic (exact) mass is 314 g/mol. The lowest BCUT2D eigenvalue weighted by Gasteiger charge is -2.16. The zero-order valence-electron chi connectivity index (χ0n) is 9.69. The molecule has 0 aliphatic carbocycles. The van der Waals surface area contributed by atoms with Gasteiger partial charge in [0, 0.05) is 13.3 Å². The molecule has 0 N–H and O–H groups in total. The largest absolute Gasteiger partial charge is 0.462 e. The molecule has 0 aromatic heterocycles. The third-order valence-electron chi connectivity index (χ3n) is 2.30. The molecule has 0 saturated heterocycles. The Labute approximate surface area is 115 Å². The molecule has 0 radical (unpaired) electrons. The number of ether oxygens (including phenoxy) is 1. The summed E-state index contributed by atoms with van der Waals surface area (Å²) in [6, 6.07) is 9.99. The van der Waals surface area contributed by atoms with E-state index in [1.165, 1.54) is 12.5 Å². The lowest BCUT2D eigenvalue weighted by molar-refractivity contribution is -0.146. The Morgan fingerprint density at radius 1 is 1.41 bits per heavy atom. The number of rotatable bonds is 6. The van der Waals surface area contributed by atoms with Gasteiger partial charge in [0.1, 0.15) is 6.10 Å². The Morgan fingerprint density at radius 3 is 2.59 bits per heavy atom. The van der Waals surface area contributed by atoms with Gasteiger partial charge in [0.25, 0.3) is 0 Å². The van der Waals surface area contributed by atoms with Crippen molar-refractivity contribution in [3.8, 4) is 0 Å². The average molecular weight is 315 g/mol. The highest BCUT2D eigenvalue weighted by molar-refractivity contribution is 9.20. The maximum Gasteiger partial charge on any atom is 0.302 e. The van der Waals surface area contributed by atoms with Gasteiger partial charge in [-0.25, -0.2) is 0 Å². The smallest absolute Gasteiger partial charge is 0.302 e. The number of hydrogen-bond acceptors (Lipinski definition) is 3. The molecule has 0 spiro atoms. The van der Waals surface area contributed by atoms with E-state index in [2.05, 4.69) is 15.9 Å². The van der Waals surface area contributed by atoms with E-state index in [9.17, 15) is 4.79 Å². The number of carbonyl (C=O) groups excluding carboxylic acids is 1. The van der Waals surface area contributed by atoms with Crippen LogP contribution in [-0.4, -0.2) is 15.8 Å². The molecule has 0 fully saturated rings. The molecular formula is C13H15BrO2S. The van der Waals surface area contributed by atoms with Gasteiger partial charge in [0.15, 0.2) is 0 Å². The van der Waals surface area contributed by atoms with Crippen molar-refractivity contribution >= 4 is 37.9 Å². The van der Waals surface area contributed by atoms with E-state index < -0.39 is 0 Å². The van der Waals surface area contributed by atoms with Gasteiger partial charge in [0.2, 0.25) is 0 Å². The van der Waals surface area contributed by atoms with Gasteiger partial charge < -0.3 is 4.74 Å². The molecular weight excluding hydrogens is 300 g/mol. The lowest BCUT2D eigenvalue weighted by Crippen LogP contribution is -2.19. The Kier molecular flexibility index (Phi) is 6.37. The van der Waals surface area contributed by atoms with Gasteiger partial charge in [-0.15, -0.1) is 0 Å². The van der Waals surface area contributed by atoms with Crippen LogP contribution < -0.4 is 0 Å². The molecule has 0 aliphatic rings. The predicted octanol–water partition coefficient (Wildman–Crippen LogP) is 3.66. The fourth-order valence-electron chi connectivity index (χ4n) is 1.59. The number of esters is 1. The summed E-state index contributed by atoms with van der Waals surface area (Å²) in [5.41, 5.74) is 1.17. The normalized spacial score (nSPS) is 11.9. The van der Waals surface area contributed by atoms with Crippen LogP contribution in [0.1, 0.15) is 25.3 Å². The molecule has 2 nitrogen and oxygen atoms in total. The summed E-state index contributed by atoms with van der Waals surface area (Å²) in [6.45, 7) is 1.43. The quantitative estimate of drug-likeness (QED) is 0.455. The zero-order valence-corrected chi connectivity index (χ0v) is 12.1. The van der Waals surface area contributed by atoms with E-state index in [4.69, 9.17) is 17.0 Å². The summed E-state index contributed by atoms with van der Waals surface area (Å²) in [7, 11) is 0. The maximum atomic E-state index is 11.0. The van der Waals surface area contributed by atoms with Crippen LogP contribution in [-0.2, 0) is 16.0 Å². The first kappa shape index (κ1) is 14.3. The fourth-order valence-corrected chi connectivity index (χ4v) is 1.94. The Hall–Kier alpha value is -0.740.